The number of rotatable bonds is 4. The van der Waals surface area contributed by atoms with Crippen LogP contribution < -0.4 is 0 Å². The van der Waals surface area contributed by atoms with Gasteiger partial charge >= 0.3 is 0 Å². The highest BCUT2D eigenvalue weighted by Crippen LogP contribution is 2.16. The van der Waals surface area contributed by atoms with E-state index in [9.17, 15) is 4.39 Å². The van der Waals surface area contributed by atoms with E-state index in [4.69, 9.17) is 11.6 Å². The Morgan fingerprint density at radius 2 is 2.23 bits per heavy atom. The molecule has 0 spiro atoms. The minimum Gasteiger partial charge on any atom is -0.207 e. The van der Waals surface area contributed by atoms with Crippen molar-refractivity contribution in [2.75, 3.05) is 0 Å². The van der Waals surface area contributed by atoms with Crippen LogP contribution in [0.2, 0.25) is 5.02 Å². The Balaban J connectivity index is 2.64. The molecule has 70 valence electrons. The Labute approximate surface area is 83.0 Å². The molecule has 1 rings (SSSR count). The van der Waals surface area contributed by atoms with Gasteiger partial charge in [0.2, 0.25) is 0 Å². The van der Waals surface area contributed by atoms with Gasteiger partial charge in [0.05, 0.1) is 0 Å². The molecule has 0 aliphatic rings. The number of benzene rings is 1. The Morgan fingerprint density at radius 3 is 2.92 bits per heavy atom. The quantitative estimate of drug-likeness (QED) is 0.507. The number of hydrogen-bond donors (Lipinski definition) is 0. The van der Waals surface area contributed by atoms with Crippen molar-refractivity contribution < 1.29 is 4.39 Å². The monoisotopic (exact) mass is 198 g/mol. The molecule has 1 aromatic rings. The number of hydrogen-bond acceptors (Lipinski definition) is 0. The number of halogens is 2. The molecule has 0 atom stereocenters. The van der Waals surface area contributed by atoms with Gasteiger partial charge in [-0.2, -0.15) is 0 Å². The molecule has 0 amide bonds. The van der Waals surface area contributed by atoms with Gasteiger partial charge in [0.25, 0.3) is 0 Å². The van der Waals surface area contributed by atoms with Crippen molar-refractivity contribution in [2.45, 2.75) is 19.3 Å². The summed E-state index contributed by atoms with van der Waals surface area (Å²) >= 11 is 5.74. The second-order valence-corrected chi connectivity index (χ2v) is 3.35. The highest BCUT2D eigenvalue weighted by molar-refractivity contribution is 6.30. The zero-order valence-electron chi connectivity index (χ0n) is 7.39. The first-order valence-corrected chi connectivity index (χ1v) is 4.66. The first-order chi connectivity index (χ1) is 6.24. The first-order valence-electron chi connectivity index (χ1n) is 4.29. The molecule has 0 unspecified atom stereocenters. The normalized spacial score (nSPS) is 10.0. The van der Waals surface area contributed by atoms with E-state index in [0.717, 1.165) is 19.3 Å². The summed E-state index contributed by atoms with van der Waals surface area (Å²) in [6.07, 6.45) is 4.38. The summed E-state index contributed by atoms with van der Waals surface area (Å²) in [5.41, 5.74) is 0.689. The summed E-state index contributed by atoms with van der Waals surface area (Å²) in [5, 5.41) is 0.593. The minimum atomic E-state index is -0.173. The second-order valence-electron chi connectivity index (χ2n) is 2.92. The van der Waals surface area contributed by atoms with Gasteiger partial charge < -0.3 is 0 Å². The van der Waals surface area contributed by atoms with E-state index in [2.05, 4.69) is 6.58 Å². The van der Waals surface area contributed by atoms with Gasteiger partial charge in [-0.1, -0.05) is 17.7 Å². The van der Waals surface area contributed by atoms with Gasteiger partial charge in [-0.05, 0) is 43.0 Å². The van der Waals surface area contributed by atoms with Crippen LogP contribution in [0.5, 0.6) is 0 Å². The number of aryl methyl sites for hydroxylation is 1. The van der Waals surface area contributed by atoms with Crippen molar-refractivity contribution >= 4 is 11.6 Å². The summed E-state index contributed by atoms with van der Waals surface area (Å²) in [5.74, 6) is -0.173. The third-order valence-electron chi connectivity index (χ3n) is 1.86. The maximum atomic E-state index is 13.1. The average molecular weight is 199 g/mol. The standard InChI is InChI=1S/C11H12ClF/c1-2-3-4-5-9-8-10(12)6-7-11(9)13/h2,6-8H,1,3-5H2. The van der Waals surface area contributed by atoms with Crippen LogP contribution in [0.4, 0.5) is 4.39 Å². The molecule has 0 aromatic heterocycles. The van der Waals surface area contributed by atoms with Gasteiger partial charge in [-0.3, -0.25) is 0 Å². The summed E-state index contributed by atoms with van der Waals surface area (Å²) in [7, 11) is 0. The van der Waals surface area contributed by atoms with Crippen LogP contribution >= 0.6 is 11.6 Å². The van der Waals surface area contributed by atoms with Gasteiger partial charge in [-0.25, -0.2) is 4.39 Å². The Kier molecular flexibility index (Phi) is 3.97. The van der Waals surface area contributed by atoms with Crippen LogP contribution in [-0.2, 0) is 6.42 Å². The molecule has 0 aliphatic heterocycles. The van der Waals surface area contributed by atoms with Crippen molar-refractivity contribution in [3.8, 4) is 0 Å². The molecular weight excluding hydrogens is 187 g/mol. The largest absolute Gasteiger partial charge is 0.207 e. The van der Waals surface area contributed by atoms with Crippen LogP contribution in [0, 0.1) is 5.82 Å². The summed E-state index contributed by atoms with van der Waals surface area (Å²) in [4.78, 5) is 0. The number of allylic oxidation sites excluding steroid dienone is 1. The third-order valence-corrected chi connectivity index (χ3v) is 2.10. The van der Waals surface area contributed by atoms with Gasteiger partial charge in [-0.15, -0.1) is 6.58 Å². The molecule has 2 heteroatoms. The van der Waals surface area contributed by atoms with Gasteiger partial charge in [0.15, 0.2) is 0 Å². The highest BCUT2D eigenvalue weighted by Gasteiger charge is 2.01. The molecule has 1 aromatic carbocycles. The van der Waals surface area contributed by atoms with Crippen molar-refractivity contribution in [3.63, 3.8) is 0 Å². The lowest BCUT2D eigenvalue weighted by Crippen LogP contribution is -1.89. The van der Waals surface area contributed by atoms with Crippen LogP contribution in [0.1, 0.15) is 18.4 Å². The lowest BCUT2D eigenvalue weighted by molar-refractivity contribution is 0.605. The van der Waals surface area contributed by atoms with E-state index in [1.807, 2.05) is 6.08 Å². The van der Waals surface area contributed by atoms with Crippen molar-refractivity contribution in [2.24, 2.45) is 0 Å². The van der Waals surface area contributed by atoms with Crippen LogP contribution in [-0.4, -0.2) is 0 Å². The van der Waals surface area contributed by atoms with E-state index in [1.54, 1.807) is 12.1 Å². The molecule has 0 saturated heterocycles. The minimum absolute atomic E-state index is 0.173. The molecule has 0 nitrogen and oxygen atoms in total. The lowest BCUT2D eigenvalue weighted by Gasteiger charge is -2.01. The van der Waals surface area contributed by atoms with Crippen molar-refractivity contribution in [3.05, 3.63) is 47.3 Å². The van der Waals surface area contributed by atoms with Gasteiger partial charge in [0.1, 0.15) is 5.82 Å². The Hall–Kier alpha value is -0.820. The first kappa shape index (κ1) is 10.3. The Morgan fingerprint density at radius 1 is 1.46 bits per heavy atom. The molecule has 0 bridgehead atoms. The Bertz CT molecular complexity index is 294. The van der Waals surface area contributed by atoms with Crippen LogP contribution in [0.15, 0.2) is 30.9 Å². The van der Waals surface area contributed by atoms with E-state index in [1.165, 1.54) is 6.07 Å². The fourth-order valence-electron chi connectivity index (χ4n) is 1.17. The van der Waals surface area contributed by atoms with Gasteiger partial charge in [0, 0.05) is 5.02 Å². The molecule has 0 N–H and O–H groups in total. The predicted octanol–water partition coefficient (Wildman–Crippen LogP) is 3.99. The smallest absolute Gasteiger partial charge is 0.126 e. The SMILES string of the molecule is C=CCCCc1cc(Cl)ccc1F. The van der Waals surface area contributed by atoms with Crippen molar-refractivity contribution in [1.82, 2.24) is 0 Å². The molecule has 0 heterocycles. The van der Waals surface area contributed by atoms with E-state index >= 15 is 0 Å². The fraction of sp³-hybridized carbons (Fsp3) is 0.273. The van der Waals surface area contributed by atoms with Crippen molar-refractivity contribution in [1.29, 1.82) is 0 Å². The third kappa shape index (κ3) is 3.19. The predicted molar refractivity (Wildman–Crippen MR) is 54.5 cm³/mol. The molecule has 0 saturated carbocycles. The average Bonchev–Trinajstić information content (AvgIpc) is 2.11. The zero-order chi connectivity index (χ0) is 9.68. The summed E-state index contributed by atoms with van der Waals surface area (Å²) in [6, 6.07) is 4.65. The van der Waals surface area contributed by atoms with E-state index in [-0.39, 0.29) is 5.82 Å². The van der Waals surface area contributed by atoms with Crippen LogP contribution in [0.25, 0.3) is 0 Å². The topological polar surface area (TPSA) is 0 Å². The van der Waals surface area contributed by atoms with E-state index in [0.29, 0.717) is 10.6 Å². The maximum Gasteiger partial charge on any atom is 0.126 e. The summed E-state index contributed by atoms with van der Waals surface area (Å²) < 4.78 is 13.1. The second kappa shape index (κ2) is 5.03. The fourth-order valence-corrected chi connectivity index (χ4v) is 1.37. The molecule has 0 aliphatic carbocycles. The maximum absolute atomic E-state index is 13.1. The van der Waals surface area contributed by atoms with Crippen LogP contribution in [0.3, 0.4) is 0 Å². The highest BCUT2D eigenvalue weighted by atomic mass is 35.5. The molecule has 13 heavy (non-hydrogen) atoms. The molecular formula is C11H12ClF. The molecule has 0 fully saturated rings. The molecule has 0 radical (unpaired) electrons. The summed E-state index contributed by atoms with van der Waals surface area (Å²) in [6.45, 7) is 3.61. The lowest BCUT2D eigenvalue weighted by atomic mass is 10.1. The zero-order valence-corrected chi connectivity index (χ0v) is 8.15. The number of unbranched alkanes of at least 4 members (excludes halogenated alkanes) is 1. The van der Waals surface area contributed by atoms with E-state index < -0.39 is 0 Å².